The molecule has 0 fully saturated rings. The summed E-state index contributed by atoms with van der Waals surface area (Å²) in [6, 6.07) is 0. The predicted octanol–water partition coefficient (Wildman–Crippen LogP) is 5.07. The molecule has 0 aromatic carbocycles. The molecular weight excluding hydrogens is 208 g/mol. The van der Waals surface area contributed by atoms with Gasteiger partial charge in [0.1, 0.15) is 6.29 Å². The summed E-state index contributed by atoms with van der Waals surface area (Å²) in [5.41, 5.74) is 0. The lowest BCUT2D eigenvalue weighted by atomic mass is 10.0. The van der Waals surface area contributed by atoms with Crippen molar-refractivity contribution in [1.82, 2.24) is 0 Å². The van der Waals surface area contributed by atoms with Crippen LogP contribution in [0.4, 0.5) is 0 Å². The van der Waals surface area contributed by atoms with E-state index in [-0.39, 0.29) is 5.92 Å². The van der Waals surface area contributed by atoms with E-state index in [0.29, 0.717) is 0 Å². The van der Waals surface area contributed by atoms with Gasteiger partial charge in [0.05, 0.1) is 0 Å². The molecule has 0 N–H and O–H groups in total. The van der Waals surface area contributed by atoms with Crippen LogP contribution in [0.5, 0.6) is 0 Å². The summed E-state index contributed by atoms with van der Waals surface area (Å²) in [7, 11) is 0. The van der Waals surface area contributed by atoms with Crippen molar-refractivity contribution in [2.45, 2.75) is 65.2 Å². The van der Waals surface area contributed by atoms with E-state index in [0.717, 1.165) is 25.5 Å². The van der Waals surface area contributed by atoms with Crippen LogP contribution in [0.3, 0.4) is 0 Å². The molecule has 1 nitrogen and oxygen atoms in total. The van der Waals surface area contributed by atoms with Gasteiger partial charge in [-0.25, -0.2) is 0 Å². The third-order valence-electron chi connectivity index (χ3n) is 2.83. The van der Waals surface area contributed by atoms with E-state index in [4.69, 9.17) is 0 Å². The fraction of sp³-hybridized carbons (Fsp3) is 0.688. The SMILES string of the molecule is CCCC/C=C/C(C=O)C/C=C/CCCCC. The Kier molecular flexibility index (Phi) is 12.6. The van der Waals surface area contributed by atoms with E-state index < -0.39 is 0 Å². The van der Waals surface area contributed by atoms with E-state index in [9.17, 15) is 4.79 Å². The van der Waals surface area contributed by atoms with Crippen molar-refractivity contribution in [2.24, 2.45) is 5.92 Å². The van der Waals surface area contributed by atoms with Gasteiger partial charge >= 0.3 is 0 Å². The number of aldehydes is 1. The number of carbonyl (C=O) groups excluding carboxylic acids is 1. The summed E-state index contributed by atoms with van der Waals surface area (Å²) in [5.74, 6) is 0.0780. The van der Waals surface area contributed by atoms with Gasteiger partial charge in [0, 0.05) is 5.92 Å². The molecule has 1 atom stereocenters. The van der Waals surface area contributed by atoms with Crippen LogP contribution in [0.15, 0.2) is 24.3 Å². The van der Waals surface area contributed by atoms with Gasteiger partial charge in [-0.3, -0.25) is 0 Å². The predicted molar refractivity (Wildman–Crippen MR) is 76.1 cm³/mol. The molecular formula is C16H28O. The number of hydrogen-bond acceptors (Lipinski definition) is 1. The van der Waals surface area contributed by atoms with Crippen molar-refractivity contribution >= 4 is 6.29 Å². The van der Waals surface area contributed by atoms with Crippen LogP contribution in [0, 0.1) is 5.92 Å². The average Bonchev–Trinajstić information content (AvgIpc) is 2.36. The Morgan fingerprint density at radius 3 is 2.24 bits per heavy atom. The van der Waals surface area contributed by atoms with Crippen molar-refractivity contribution in [3.05, 3.63) is 24.3 Å². The first kappa shape index (κ1) is 16.1. The first-order valence-corrected chi connectivity index (χ1v) is 7.12. The first-order valence-electron chi connectivity index (χ1n) is 7.12. The Morgan fingerprint density at radius 2 is 1.59 bits per heavy atom. The summed E-state index contributed by atoms with van der Waals surface area (Å²) >= 11 is 0. The summed E-state index contributed by atoms with van der Waals surface area (Å²) in [4.78, 5) is 10.8. The van der Waals surface area contributed by atoms with Crippen molar-refractivity contribution in [2.75, 3.05) is 0 Å². The number of carbonyl (C=O) groups is 1. The zero-order valence-corrected chi connectivity index (χ0v) is 11.5. The maximum Gasteiger partial charge on any atom is 0.127 e. The van der Waals surface area contributed by atoms with Crippen molar-refractivity contribution in [3.63, 3.8) is 0 Å². The van der Waals surface area contributed by atoms with E-state index in [1.807, 2.05) is 0 Å². The second-order valence-electron chi connectivity index (χ2n) is 4.57. The van der Waals surface area contributed by atoms with Gasteiger partial charge in [0.15, 0.2) is 0 Å². The normalized spacial score (nSPS) is 13.5. The minimum Gasteiger partial charge on any atom is -0.303 e. The molecule has 1 heteroatoms. The highest BCUT2D eigenvalue weighted by Crippen LogP contribution is 2.07. The Morgan fingerprint density at radius 1 is 0.882 bits per heavy atom. The van der Waals surface area contributed by atoms with E-state index in [2.05, 4.69) is 38.2 Å². The quantitative estimate of drug-likeness (QED) is 0.278. The fourth-order valence-electron chi connectivity index (χ4n) is 1.66. The molecule has 17 heavy (non-hydrogen) atoms. The number of hydrogen-bond donors (Lipinski definition) is 0. The van der Waals surface area contributed by atoms with Crippen LogP contribution in [-0.4, -0.2) is 6.29 Å². The molecule has 0 aromatic rings. The Labute approximate surface area is 107 Å². The Hall–Kier alpha value is -0.850. The third-order valence-corrected chi connectivity index (χ3v) is 2.83. The van der Waals surface area contributed by atoms with E-state index in [1.54, 1.807) is 0 Å². The van der Waals surface area contributed by atoms with Crippen LogP contribution in [-0.2, 0) is 4.79 Å². The number of allylic oxidation sites excluding steroid dienone is 4. The molecule has 0 amide bonds. The van der Waals surface area contributed by atoms with Crippen molar-refractivity contribution < 1.29 is 4.79 Å². The van der Waals surface area contributed by atoms with Crippen molar-refractivity contribution in [1.29, 1.82) is 0 Å². The monoisotopic (exact) mass is 236 g/mol. The molecule has 0 aliphatic heterocycles. The highest BCUT2D eigenvalue weighted by molar-refractivity contribution is 5.56. The molecule has 0 heterocycles. The van der Waals surface area contributed by atoms with Gasteiger partial charge in [0.2, 0.25) is 0 Å². The fourth-order valence-corrected chi connectivity index (χ4v) is 1.66. The lowest BCUT2D eigenvalue weighted by molar-refractivity contribution is -0.109. The molecule has 0 saturated heterocycles. The molecule has 0 saturated carbocycles. The maximum absolute atomic E-state index is 10.8. The van der Waals surface area contributed by atoms with Crippen LogP contribution >= 0.6 is 0 Å². The minimum atomic E-state index is 0.0780. The average molecular weight is 236 g/mol. The lowest BCUT2D eigenvalue weighted by Gasteiger charge is -2.00. The minimum absolute atomic E-state index is 0.0780. The van der Waals surface area contributed by atoms with Crippen LogP contribution in [0.1, 0.15) is 65.2 Å². The van der Waals surface area contributed by atoms with Gasteiger partial charge in [0.25, 0.3) is 0 Å². The molecule has 0 radical (unpaired) electrons. The summed E-state index contributed by atoms with van der Waals surface area (Å²) in [6.07, 6.45) is 19.0. The van der Waals surface area contributed by atoms with Crippen LogP contribution < -0.4 is 0 Å². The molecule has 98 valence electrons. The second-order valence-corrected chi connectivity index (χ2v) is 4.57. The van der Waals surface area contributed by atoms with Gasteiger partial charge < -0.3 is 4.79 Å². The van der Waals surface area contributed by atoms with Crippen LogP contribution in [0.25, 0.3) is 0 Å². The van der Waals surface area contributed by atoms with Gasteiger partial charge in [-0.05, 0) is 25.7 Å². The lowest BCUT2D eigenvalue weighted by Crippen LogP contribution is -1.95. The molecule has 0 spiro atoms. The molecule has 1 unspecified atom stereocenters. The Bertz CT molecular complexity index is 216. The standard InChI is InChI=1S/C16H28O/c1-3-5-7-9-10-12-14-16(15-17)13-11-8-6-4-2/h10-13,15-16H,3-9,14H2,1-2H3/b12-10+,13-11+. The zero-order chi connectivity index (χ0) is 12.8. The van der Waals surface area contributed by atoms with Gasteiger partial charge in [-0.2, -0.15) is 0 Å². The second kappa shape index (κ2) is 13.2. The molecule has 0 aliphatic carbocycles. The van der Waals surface area contributed by atoms with E-state index >= 15 is 0 Å². The molecule has 0 aromatic heterocycles. The highest BCUT2D eigenvalue weighted by atomic mass is 16.1. The summed E-state index contributed by atoms with van der Waals surface area (Å²) in [6.45, 7) is 4.40. The third kappa shape index (κ3) is 11.4. The van der Waals surface area contributed by atoms with Crippen LogP contribution in [0.2, 0.25) is 0 Å². The number of rotatable bonds is 11. The maximum atomic E-state index is 10.8. The number of unbranched alkanes of at least 4 members (excludes halogenated alkanes) is 5. The highest BCUT2D eigenvalue weighted by Gasteiger charge is 1.98. The van der Waals surface area contributed by atoms with Gasteiger partial charge in [-0.15, -0.1) is 0 Å². The topological polar surface area (TPSA) is 17.1 Å². The van der Waals surface area contributed by atoms with Crippen molar-refractivity contribution in [3.8, 4) is 0 Å². The largest absolute Gasteiger partial charge is 0.303 e. The zero-order valence-electron chi connectivity index (χ0n) is 11.5. The summed E-state index contributed by atoms with van der Waals surface area (Å²) in [5, 5.41) is 0. The smallest absolute Gasteiger partial charge is 0.127 e. The first-order chi connectivity index (χ1) is 8.35. The van der Waals surface area contributed by atoms with E-state index in [1.165, 1.54) is 32.1 Å². The molecule has 0 bridgehead atoms. The summed E-state index contributed by atoms with van der Waals surface area (Å²) < 4.78 is 0. The Balaban J connectivity index is 3.66. The molecule has 0 rings (SSSR count). The molecule has 0 aliphatic rings. The van der Waals surface area contributed by atoms with Gasteiger partial charge in [-0.1, -0.05) is 63.8 Å².